The second-order valence-corrected chi connectivity index (χ2v) is 15.8. The maximum Gasteiger partial charge on any atom is 0.414 e. The predicted molar refractivity (Wildman–Crippen MR) is 204 cm³/mol. The van der Waals surface area contributed by atoms with Crippen molar-refractivity contribution >= 4 is 56.7 Å². The number of nitrogens with zero attached hydrogens (tertiary/aromatic N) is 3. The zero-order valence-electron chi connectivity index (χ0n) is 29.9. The number of hydrogen-bond donors (Lipinski definition) is 1. The molecule has 1 aromatic heterocycles. The van der Waals surface area contributed by atoms with Crippen LogP contribution in [0.5, 0.6) is 11.5 Å². The van der Waals surface area contributed by atoms with Gasteiger partial charge in [0, 0.05) is 24.2 Å². The van der Waals surface area contributed by atoms with Gasteiger partial charge in [0.1, 0.15) is 22.3 Å². The topological polar surface area (TPSA) is 151 Å². The number of amides is 1. The molecule has 54 heavy (non-hydrogen) atoms. The summed E-state index contributed by atoms with van der Waals surface area (Å²) in [6.45, 7) is 2.59. The number of ether oxygens (including phenoxy) is 4. The van der Waals surface area contributed by atoms with Crippen LogP contribution in [0.1, 0.15) is 46.0 Å². The summed E-state index contributed by atoms with van der Waals surface area (Å²) in [5.74, 6) is 0.454. The van der Waals surface area contributed by atoms with Crippen molar-refractivity contribution in [1.82, 2.24) is 4.90 Å². The number of pyridine rings is 1. The molecule has 3 saturated heterocycles. The highest BCUT2D eigenvalue weighted by Gasteiger charge is 2.37. The van der Waals surface area contributed by atoms with E-state index in [1.165, 1.54) is 31.5 Å². The average Bonchev–Trinajstić information content (AvgIpc) is 3.14. The van der Waals surface area contributed by atoms with E-state index in [-0.39, 0.29) is 46.3 Å². The first-order valence-electron chi connectivity index (χ1n) is 17.2. The van der Waals surface area contributed by atoms with Crippen molar-refractivity contribution in [1.29, 1.82) is 0 Å². The Balaban J connectivity index is 1.28. The largest absolute Gasteiger partial charge is 0.619 e. The van der Waals surface area contributed by atoms with Crippen LogP contribution in [0.25, 0.3) is 0 Å². The Morgan fingerprint density at radius 3 is 2.33 bits per heavy atom. The average molecular weight is 800 g/mol. The summed E-state index contributed by atoms with van der Waals surface area (Å²) < 4.78 is 50.1. The molecule has 0 aliphatic carbocycles. The number of fused-ring (bicyclic) bond motifs is 3. The van der Waals surface area contributed by atoms with Gasteiger partial charge in [-0.3, -0.25) is 14.5 Å². The Morgan fingerprint density at radius 1 is 0.981 bits per heavy atom. The maximum absolute atomic E-state index is 14.0. The number of hydrogen-bond acceptors (Lipinski definition) is 10. The molecule has 16 heteroatoms. The molecule has 13 nitrogen and oxygen atoms in total. The molecule has 286 valence electrons. The third-order valence-electron chi connectivity index (χ3n) is 9.51. The van der Waals surface area contributed by atoms with Crippen LogP contribution in [-0.4, -0.2) is 71.6 Å². The Morgan fingerprint density at radius 2 is 1.69 bits per heavy atom. The molecule has 3 aliphatic heterocycles. The van der Waals surface area contributed by atoms with Crippen molar-refractivity contribution in [2.24, 2.45) is 5.92 Å². The summed E-state index contributed by atoms with van der Waals surface area (Å²) in [5.41, 5.74) is 2.39. The van der Waals surface area contributed by atoms with E-state index >= 15 is 0 Å². The molecule has 3 aromatic carbocycles. The molecule has 2 bridgehead atoms. The Hall–Kier alpha value is -4.76. The monoisotopic (exact) mass is 798 g/mol. The van der Waals surface area contributed by atoms with Crippen LogP contribution in [0.2, 0.25) is 10.0 Å². The SMILES string of the molecule is COc1ccc([C@H](Cc2c(Cl)c[n+]([O-])cc2Cl)OC(=O)c2cccc(CN(C(=O)O[C@H]3CN4CCC3CC4)c3cccc(NS(C)(=O)=O)c3)c2)cc1OC. The Labute approximate surface area is 323 Å². The van der Waals surface area contributed by atoms with Gasteiger partial charge in [0.15, 0.2) is 23.9 Å². The van der Waals surface area contributed by atoms with Crippen molar-refractivity contribution in [2.75, 3.05) is 49.7 Å². The van der Waals surface area contributed by atoms with Crippen molar-refractivity contribution < 1.29 is 41.7 Å². The van der Waals surface area contributed by atoms with Gasteiger partial charge in [-0.2, -0.15) is 4.73 Å². The van der Waals surface area contributed by atoms with E-state index in [0.717, 1.165) is 32.2 Å². The predicted octanol–water partition coefficient (Wildman–Crippen LogP) is 6.39. The molecule has 4 aromatic rings. The van der Waals surface area contributed by atoms with E-state index in [2.05, 4.69) is 9.62 Å². The number of anilines is 2. The van der Waals surface area contributed by atoms with Gasteiger partial charge >= 0.3 is 12.1 Å². The maximum atomic E-state index is 14.0. The van der Waals surface area contributed by atoms with Crippen molar-refractivity contribution in [3.8, 4) is 11.5 Å². The number of methoxy groups -OCH3 is 2. The summed E-state index contributed by atoms with van der Waals surface area (Å²) in [6.07, 6.45) is 3.49. The first-order chi connectivity index (χ1) is 25.8. The van der Waals surface area contributed by atoms with E-state index in [4.69, 9.17) is 42.1 Å². The second kappa shape index (κ2) is 16.7. The van der Waals surface area contributed by atoms with Crippen LogP contribution < -0.4 is 23.8 Å². The first kappa shape index (κ1) is 38.9. The quantitative estimate of drug-likeness (QED) is 0.0916. The second-order valence-electron chi connectivity index (χ2n) is 13.3. The van der Waals surface area contributed by atoms with E-state index in [1.54, 1.807) is 66.7 Å². The number of sulfonamides is 1. The summed E-state index contributed by atoms with van der Waals surface area (Å²) in [7, 11) is -0.599. The number of benzene rings is 3. The molecule has 3 aliphatic rings. The molecular weight excluding hydrogens is 759 g/mol. The van der Waals surface area contributed by atoms with Gasteiger partial charge in [-0.05, 0) is 85.4 Å². The number of esters is 1. The third-order valence-corrected chi connectivity index (χ3v) is 10.8. The zero-order valence-corrected chi connectivity index (χ0v) is 32.2. The number of halogens is 2. The van der Waals surface area contributed by atoms with Crippen LogP contribution >= 0.6 is 23.2 Å². The molecule has 3 fully saturated rings. The van der Waals surface area contributed by atoms with E-state index in [9.17, 15) is 23.2 Å². The fourth-order valence-corrected chi connectivity index (χ4v) is 7.97. The number of carbonyl (C=O) groups excluding carboxylic acids is 2. The van der Waals surface area contributed by atoms with Gasteiger partial charge in [0.05, 0.1) is 38.3 Å². The highest BCUT2D eigenvalue weighted by molar-refractivity contribution is 7.92. The normalized spacial score (nSPS) is 18.4. The van der Waals surface area contributed by atoms with Crippen molar-refractivity contribution in [2.45, 2.75) is 38.0 Å². The van der Waals surface area contributed by atoms with Gasteiger partial charge in [-0.15, -0.1) is 0 Å². The summed E-state index contributed by atoms with van der Waals surface area (Å²) in [4.78, 5) is 31.6. The van der Waals surface area contributed by atoms with Gasteiger partial charge in [-0.25, -0.2) is 18.0 Å². The number of nitrogens with one attached hydrogen (secondary N) is 1. The lowest BCUT2D eigenvalue weighted by atomic mass is 9.86. The van der Waals surface area contributed by atoms with E-state index in [1.807, 2.05) is 0 Å². The summed E-state index contributed by atoms with van der Waals surface area (Å²) >= 11 is 12.8. The lowest BCUT2D eigenvalue weighted by molar-refractivity contribution is -0.605. The minimum absolute atomic E-state index is 0.00703. The molecule has 0 radical (unpaired) electrons. The van der Waals surface area contributed by atoms with Crippen LogP contribution in [0.4, 0.5) is 16.2 Å². The number of rotatable bonds is 13. The zero-order chi connectivity index (χ0) is 38.6. The van der Waals surface area contributed by atoms with E-state index < -0.39 is 28.2 Å². The van der Waals surface area contributed by atoms with Crippen LogP contribution in [-0.2, 0) is 32.5 Å². The van der Waals surface area contributed by atoms with Crippen LogP contribution in [0.3, 0.4) is 0 Å². The molecule has 7 rings (SSSR count). The van der Waals surface area contributed by atoms with E-state index in [0.29, 0.717) is 45.2 Å². The fourth-order valence-electron chi connectivity index (χ4n) is 6.82. The Kier molecular flexibility index (Phi) is 12.1. The molecule has 0 saturated carbocycles. The molecule has 0 unspecified atom stereocenters. The van der Waals surface area contributed by atoms with Gasteiger partial charge < -0.3 is 24.2 Å². The minimum Gasteiger partial charge on any atom is -0.619 e. The van der Waals surface area contributed by atoms with Crippen LogP contribution in [0.15, 0.2) is 79.1 Å². The molecular formula is C38H40Cl2N4O9S. The van der Waals surface area contributed by atoms with Gasteiger partial charge in [0.25, 0.3) is 0 Å². The summed E-state index contributed by atoms with van der Waals surface area (Å²) in [5, 5.41) is 12.1. The smallest absolute Gasteiger partial charge is 0.414 e. The molecule has 4 heterocycles. The molecule has 1 amide bonds. The number of piperidine rings is 3. The lowest BCUT2D eigenvalue weighted by Crippen LogP contribution is -2.53. The molecule has 2 atom stereocenters. The standard InChI is InChI=1S/C38H40Cl2N4O9S/c1-50-33-11-10-26(17-35(33)51-2)34(19-30-31(39)21-43(47)22-32(30)40)52-37(45)27-7-4-6-24(16-27)20-44(29-9-5-8-28(18-29)41-54(3,48)49)38(46)53-36-23-42-14-12-25(36)13-15-42/h4-11,16-18,21-22,25,34,36,41H,12-15,19-20,23H2,1-3H3/t34-,36-/m0/s1. The van der Waals surface area contributed by atoms with Crippen molar-refractivity contribution in [3.63, 3.8) is 0 Å². The highest BCUT2D eigenvalue weighted by Crippen LogP contribution is 2.36. The number of aromatic nitrogens is 1. The number of carbonyl (C=O) groups is 2. The highest BCUT2D eigenvalue weighted by atomic mass is 35.5. The fraction of sp³-hybridized carbons (Fsp3) is 0.342. The van der Waals surface area contributed by atoms with Crippen LogP contribution in [0, 0.1) is 11.1 Å². The molecule has 1 N–H and O–H groups in total. The van der Waals surface area contributed by atoms with Crippen molar-refractivity contribution in [3.05, 3.63) is 117 Å². The summed E-state index contributed by atoms with van der Waals surface area (Å²) in [6, 6.07) is 18.2. The van der Waals surface area contributed by atoms with Gasteiger partial charge in [0.2, 0.25) is 10.0 Å². The first-order valence-corrected chi connectivity index (χ1v) is 19.8. The van der Waals surface area contributed by atoms with Gasteiger partial charge in [-0.1, -0.05) is 47.5 Å². The molecule has 0 spiro atoms. The third kappa shape index (κ3) is 9.48. The lowest BCUT2D eigenvalue weighted by Gasteiger charge is -2.44. The Bertz CT molecular complexity index is 2110. The minimum atomic E-state index is -3.59.